The van der Waals surface area contributed by atoms with E-state index in [0.29, 0.717) is 31.9 Å². The molecule has 32 heavy (non-hydrogen) atoms. The Kier molecular flexibility index (Phi) is 6.96. The van der Waals surface area contributed by atoms with Crippen LogP contribution in [-0.4, -0.2) is 81.6 Å². The first-order valence-electron chi connectivity index (χ1n) is 11.1. The van der Waals surface area contributed by atoms with Crippen LogP contribution < -0.4 is 10.6 Å². The average Bonchev–Trinajstić information content (AvgIpc) is 2.79. The number of anilines is 1. The smallest absolute Gasteiger partial charge is 0.270 e. The molecule has 3 N–H and O–H groups in total. The minimum atomic E-state index is -0.666. The molecule has 3 heterocycles. The maximum Gasteiger partial charge on any atom is 0.270 e. The maximum atomic E-state index is 12.5. The number of rotatable bonds is 8. The molecule has 2 aliphatic heterocycles. The normalized spacial score (nSPS) is 17.2. The number of aliphatic hydroxyl groups excluding tert-OH is 1. The number of aromatic nitrogens is 2. The van der Waals surface area contributed by atoms with Crippen LogP contribution in [0.2, 0.25) is 0 Å². The van der Waals surface area contributed by atoms with Crippen molar-refractivity contribution in [2.45, 2.75) is 38.5 Å². The van der Waals surface area contributed by atoms with Gasteiger partial charge in [0.25, 0.3) is 5.91 Å². The molecule has 0 aliphatic carbocycles. The third-order valence-electron chi connectivity index (χ3n) is 5.97. The van der Waals surface area contributed by atoms with Crippen molar-refractivity contribution in [2.24, 2.45) is 0 Å². The van der Waals surface area contributed by atoms with Crippen LogP contribution in [0.4, 0.5) is 5.82 Å². The molecule has 1 atom stereocenters. The number of β-amino-alcohol motifs (C(OH)–C–C–N with tert-alkyl or cyclic N) is 1. The van der Waals surface area contributed by atoms with Gasteiger partial charge in [-0.25, -0.2) is 9.97 Å². The lowest BCUT2D eigenvalue weighted by molar-refractivity contribution is -0.134. The fourth-order valence-corrected chi connectivity index (χ4v) is 4.14. The second kappa shape index (κ2) is 10.1. The molecule has 4 rings (SSSR count). The van der Waals surface area contributed by atoms with Crippen LogP contribution in [-0.2, 0) is 17.8 Å². The van der Waals surface area contributed by atoms with Crippen molar-refractivity contribution in [1.82, 2.24) is 25.1 Å². The Balaban J connectivity index is 1.22. The molecule has 1 aromatic heterocycles. The second-order valence-electron chi connectivity index (χ2n) is 8.40. The van der Waals surface area contributed by atoms with Crippen molar-refractivity contribution in [2.75, 3.05) is 38.0 Å². The van der Waals surface area contributed by atoms with Crippen molar-refractivity contribution in [3.8, 4) is 0 Å². The number of likely N-dealkylation sites (tertiary alicyclic amines) is 1. The number of hydrogen-bond donors (Lipinski definition) is 3. The molecule has 2 aromatic rings. The highest BCUT2D eigenvalue weighted by molar-refractivity contribution is 5.92. The highest BCUT2D eigenvalue weighted by Crippen LogP contribution is 2.18. The van der Waals surface area contributed by atoms with Crippen LogP contribution in [0.15, 0.2) is 36.7 Å². The molecule has 0 saturated carbocycles. The molecule has 0 spiro atoms. The first kappa shape index (κ1) is 22.2. The number of amides is 2. The number of carbonyl (C=O) groups is 2. The highest BCUT2D eigenvalue weighted by Gasteiger charge is 2.29. The van der Waals surface area contributed by atoms with E-state index in [-0.39, 0.29) is 30.1 Å². The summed E-state index contributed by atoms with van der Waals surface area (Å²) in [5, 5.41) is 16.4. The number of hydrogen-bond acceptors (Lipinski definition) is 7. The second-order valence-corrected chi connectivity index (χ2v) is 8.40. The summed E-state index contributed by atoms with van der Waals surface area (Å²) in [5.74, 6) is 0.333. The van der Waals surface area contributed by atoms with Crippen LogP contribution in [0, 0.1) is 0 Å². The summed E-state index contributed by atoms with van der Waals surface area (Å²) in [4.78, 5) is 36.3. The van der Waals surface area contributed by atoms with Gasteiger partial charge < -0.3 is 20.6 Å². The van der Waals surface area contributed by atoms with E-state index in [9.17, 15) is 14.7 Å². The Morgan fingerprint density at radius 2 is 2.00 bits per heavy atom. The monoisotopic (exact) mass is 438 g/mol. The molecule has 1 fully saturated rings. The molecule has 0 radical (unpaired) electrons. The third kappa shape index (κ3) is 5.41. The number of carbonyl (C=O) groups excluding carboxylic acids is 2. The number of aliphatic hydroxyl groups is 1. The van der Waals surface area contributed by atoms with Gasteiger partial charge in [0, 0.05) is 51.8 Å². The number of fused-ring (bicyclic) bond motifs is 1. The minimum Gasteiger partial charge on any atom is -0.390 e. The van der Waals surface area contributed by atoms with Gasteiger partial charge in [0.15, 0.2) is 0 Å². The van der Waals surface area contributed by atoms with Crippen molar-refractivity contribution < 1.29 is 14.7 Å². The summed E-state index contributed by atoms with van der Waals surface area (Å²) in [7, 11) is 0. The summed E-state index contributed by atoms with van der Waals surface area (Å²) in [6.45, 7) is 5.47. The average molecular weight is 439 g/mol. The van der Waals surface area contributed by atoms with Gasteiger partial charge in [-0.15, -0.1) is 0 Å². The lowest BCUT2D eigenvalue weighted by Gasteiger charge is -2.39. The molecule has 0 bridgehead atoms. The highest BCUT2D eigenvalue weighted by atomic mass is 16.3. The van der Waals surface area contributed by atoms with Gasteiger partial charge in [0.2, 0.25) is 5.91 Å². The van der Waals surface area contributed by atoms with E-state index in [4.69, 9.17) is 0 Å². The van der Waals surface area contributed by atoms with Crippen LogP contribution >= 0.6 is 0 Å². The summed E-state index contributed by atoms with van der Waals surface area (Å²) in [5.41, 5.74) is 2.90. The van der Waals surface area contributed by atoms with Crippen molar-refractivity contribution >= 4 is 17.6 Å². The van der Waals surface area contributed by atoms with E-state index < -0.39 is 6.10 Å². The summed E-state index contributed by atoms with van der Waals surface area (Å²) < 4.78 is 0. The molecule has 2 aliphatic rings. The van der Waals surface area contributed by atoms with Gasteiger partial charge in [-0.05, 0) is 17.5 Å². The number of nitrogens with one attached hydrogen (secondary N) is 2. The molecular weight excluding hydrogens is 408 g/mol. The van der Waals surface area contributed by atoms with E-state index in [2.05, 4.69) is 43.7 Å². The van der Waals surface area contributed by atoms with Gasteiger partial charge in [0.05, 0.1) is 12.1 Å². The maximum absolute atomic E-state index is 12.5. The van der Waals surface area contributed by atoms with Gasteiger partial charge in [-0.2, -0.15) is 0 Å². The fourth-order valence-electron chi connectivity index (χ4n) is 4.14. The number of benzene rings is 1. The predicted molar refractivity (Wildman–Crippen MR) is 120 cm³/mol. The van der Waals surface area contributed by atoms with E-state index in [0.717, 1.165) is 19.5 Å². The van der Waals surface area contributed by atoms with Gasteiger partial charge >= 0.3 is 0 Å². The SMILES string of the molecule is CCC(=O)N1CC(Nc2cc(C(=O)NC[C@H](O)CN3CCc4ccccc4C3)ncn2)C1. The first-order chi connectivity index (χ1) is 15.5. The summed E-state index contributed by atoms with van der Waals surface area (Å²) in [6.07, 6.45) is 2.14. The standard InChI is InChI=1S/C23H30N6O3/c1-2-22(31)29-12-18(13-29)27-21-9-20(25-15-26-21)23(32)24-10-19(30)14-28-8-7-16-5-3-4-6-17(16)11-28/h3-6,9,15,18-19,30H,2,7-8,10-14H2,1H3,(H,24,32)(H,25,26,27)/t19-/m0/s1. The predicted octanol–water partition coefficient (Wildman–Crippen LogP) is 0.658. The molecule has 9 heteroatoms. The fraction of sp³-hybridized carbons (Fsp3) is 0.478. The van der Waals surface area contributed by atoms with Crippen LogP contribution in [0.25, 0.3) is 0 Å². The Hall–Kier alpha value is -3.04. The van der Waals surface area contributed by atoms with E-state index in [1.165, 1.54) is 17.5 Å². The van der Waals surface area contributed by atoms with E-state index in [1.54, 1.807) is 11.0 Å². The van der Waals surface area contributed by atoms with Crippen molar-refractivity contribution in [3.63, 3.8) is 0 Å². The Morgan fingerprint density at radius 1 is 1.22 bits per heavy atom. The molecule has 2 amide bonds. The topological polar surface area (TPSA) is 111 Å². The van der Waals surface area contributed by atoms with Crippen molar-refractivity contribution in [1.29, 1.82) is 0 Å². The molecule has 9 nitrogen and oxygen atoms in total. The Bertz CT molecular complexity index is 962. The van der Waals surface area contributed by atoms with Crippen LogP contribution in [0.3, 0.4) is 0 Å². The minimum absolute atomic E-state index is 0.118. The Labute approximate surface area is 187 Å². The van der Waals surface area contributed by atoms with Gasteiger partial charge in [-0.3, -0.25) is 14.5 Å². The van der Waals surface area contributed by atoms with E-state index in [1.807, 2.05) is 13.0 Å². The Morgan fingerprint density at radius 3 is 2.78 bits per heavy atom. The lowest BCUT2D eigenvalue weighted by atomic mass is 10.00. The largest absolute Gasteiger partial charge is 0.390 e. The molecule has 1 saturated heterocycles. The quantitative estimate of drug-likeness (QED) is 0.555. The number of nitrogens with zero attached hydrogens (tertiary/aromatic N) is 4. The van der Waals surface area contributed by atoms with Crippen LogP contribution in [0.1, 0.15) is 35.0 Å². The zero-order valence-corrected chi connectivity index (χ0v) is 18.3. The third-order valence-corrected chi connectivity index (χ3v) is 5.97. The van der Waals surface area contributed by atoms with E-state index >= 15 is 0 Å². The lowest BCUT2D eigenvalue weighted by Crippen LogP contribution is -2.56. The molecular formula is C23H30N6O3. The van der Waals surface area contributed by atoms with Gasteiger partial charge in [0.1, 0.15) is 17.8 Å². The molecule has 0 unspecified atom stereocenters. The van der Waals surface area contributed by atoms with Gasteiger partial charge in [-0.1, -0.05) is 31.2 Å². The molecule has 1 aromatic carbocycles. The summed E-state index contributed by atoms with van der Waals surface area (Å²) >= 11 is 0. The molecule has 170 valence electrons. The van der Waals surface area contributed by atoms with Crippen LogP contribution in [0.5, 0.6) is 0 Å². The zero-order valence-electron chi connectivity index (χ0n) is 18.3. The first-order valence-corrected chi connectivity index (χ1v) is 11.1. The summed E-state index contributed by atoms with van der Waals surface area (Å²) in [6, 6.07) is 10.1. The van der Waals surface area contributed by atoms with Crippen molar-refractivity contribution in [3.05, 3.63) is 53.5 Å². The zero-order chi connectivity index (χ0) is 22.5.